The van der Waals surface area contributed by atoms with E-state index in [2.05, 4.69) is 11.9 Å². The number of nitrogens with one attached hydrogen (secondary N) is 1. The molecule has 0 aromatic carbocycles. The molecule has 0 aliphatic rings. The number of ether oxygens (including phenoxy) is 1. The van der Waals surface area contributed by atoms with Gasteiger partial charge in [-0.25, -0.2) is 4.98 Å². The van der Waals surface area contributed by atoms with Crippen molar-refractivity contribution in [1.29, 1.82) is 5.41 Å². The Morgan fingerprint density at radius 1 is 1.28 bits per heavy atom. The first-order valence-electron chi connectivity index (χ1n) is 6.68. The van der Waals surface area contributed by atoms with E-state index < -0.39 is 0 Å². The summed E-state index contributed by atoms with van der Waals surface area (Å²) in [7, 11) is 0. The minimum atomic E-state index is -0.0476. The van der Waals surface area contributed by atoms with Gasteiger partial charge in [0.25, 0.3) is 0 Å². The Balaban J connectivity index is 2.25. The Labute approximate surface area is 109 Å². The summed E-state index contributed by atoms with van der Waals surface area (Å²) < 4.78 is 5.62. The van der Waals surface area contributed by atoms with Crippen LogP contribution >= 0.6 is 0 Å². The smallest absolute Gasteiger partial charge is 0.148 e. The Morgan fingerprint density at radius 3 is 2.72 bits per heavy atom. The number of aromatic nitrogens is 1. The van der Waals surface area contributed by atoms with Crippen LogP contribution in [0, 0.1) is 5.41 Å². The van der Waals surface area contributed by atoms with Gasteiger partial charge in [0.15, 0.2) is 0 Å². The van der Waals surface area contributed by atoms with Crippen LogP contribution in [0.15, 0.2) is 18.3 Å². The van der Waals surface area contributed by atoms with Gasteiger partial charge in [0, 0.05) is 6.20 Å². The van der Waals surface area contributed by atoms with Crippen molar-refractivity contribution in [3.8, 4) is 5.75 Å². The Kier molecular flexibility index (Phi) is 6.84. The van der Waals surface area contributed by atoms with Crippen molar-refractivity contribution < 1.29 is 4.74 Å². The predicted molar refractivity (Wildman–Crippen MR) is 74.1 cm³/mol. The van der Waals surface area contributed by atoms with Crippen LogP contribution in [0.3, 0.4) is 0 Å². The van der Waals surface area contributed by atoms with Crippen LogP contribution in [0.2, 0.25) is 0 Å². The number of hydrogen-bond acceptors (Lipinski definition) is 3. The SMILES string of the molecule is CCCCCCCCOc1cccnc1C(=N)N. The molecule has 0 radical (unpaired) electrons. The number of pyridine rings is 1. The number of nitrogens with two attached hydrogens (primary N) is 1. The molecule has 0 aliphatic heterocycles. The summed E-state index contributed by atoms with van der Waals surface area (Å²) in [5, 5.41) is 7.40. The summed E-state index contributed by atoms with van der Waals surface area (Å²) in [5.74, 6) is 0.562. The Morgan fingerprint density at radius 2 is 2.00 bits per heavy atom. The van der Waals surface area contributed by atoms with Crippen LogP contribution in [-0.2, 0) is 0 Å². The van der Waals surface area contributed by atoms with Crippen molar-refractivity contribution in [3.05, 3.63) is 24.0 Å². The second kappa shape index (κ2) is 8.50. The minimum absolute atomic E-state index is 0.0476. The Bertz CT molecular complexity index is 366. The number of hydrogen-bond donors (Lipinski definition) is 2. The summed E-state index contributed by atoms with van der Waals surface area (Å²) in [4.78, 5) is 4.04. The molecule has 0 saturated heterocycles. The highest BCUT2D eigenvalue weighted by Gasteiger charge is 2.06. The van der Waals surface area contributed by atoms with E-state index in [-0.39, 0.29) is 5.84 Å². The van der Waals surface area contributed by atoms with Gasteiger partial charge in [0.05, 0.1) is 6.61 Å². The van der Waals surface area contributed by atoms with Crippen molar-refractivity contribution >= 4 is 5.84 Å². The topological polar surface area (TPSA) is 72.0 Å². The second-order valence-corrected chi connectivity index (χ2v) is 4.38. The van der Waals surface area contributed by atoms with Gasteiger partial charge in [-0.15, -0.1) is 0 Å². The molecule has 1 rings (SSSR count). The van der Waals surface area contributed by atoms with E-state index in [1.165, 1.54) is 32.1 Å². The number of amidine groups is 1. The molecule has 1 aromatic heterocycles. The lowest BCUT2D eigenvalue weighted by Gasteiger charge is -2.09. The zero-order valence-corrected chi connectivity index (χ0v) is 11.1. The van der Waals surface area contributed by atoms with Gasteiger partial charge in [-0.3, -0.25) is 5.41 Å². The van der Waals surface area contributed by atoms with Crippen LogP contribution < -0.4 is 10.5 Å². The maximum Gasteiger partial charge on any atom is 0.148 e. The molecule has 18 heavy (non-hydrogen) atoms. The molecule has 1 heterocycles. The molecule has 0 amide bonds. The number of unbranched alkanes of at least 4 members (excludes halogenated alkanes) is 5. The third-order valence-electron chi connectivity index (χ3n) is 2.78. The lowest BCUT2D eigenvalue weighted by molar-refractivity contribution is 0.302. The molecule has 4 heteroatoms. The fourth-order valence-electron chi connectivity index (χ4n) is 1.77. The lowest BCUT2D eigenvalue weighted by atomic mass is 10.1. The van der Waals surface area contributed by atoms with Crippen molar-refractivity contribution in [1.82, 2.24) is 4.98 Å². The van der Waals surface area contributed by atoms with E-state index in [4.69, 9.17) is 15.9 Å². The van der Waals surface area contributed by atoms with Crippen LogP contribution in [-0.4, -0.2) is 17.4 Å². The van der Waals surface area contributed by atoms with Gasteiger partial charge in [-0.05, 0) is 18.6 Å². The predicted octanol–water partition coefficient (Wildman–Crippen LogP) is 3.10. The lowest BCUT2D eigenvalue weighted by Crippen LogP contribution is -2.15. The largest absolute Gasteiger partial charge is 0.491 e. The highest BCUT2D eigenvalue weighted by atomic mass is 16.5. The average Bonchev–Trinajstić information content (AvgIpc) is 2.38. The summed E-state index contributed by atoms with van der Waals surface area (Å²) in [6.07, 6.45) is 9.01. The second-order valence-electron chi connectivity index (χ2n) is 4.38. The van der Waals surface area contributed by atoms with Gasteiger partial charge >= 0.3 is 0 Å². The third kappa shape index (κ3) is 5.17. The molecule has 0 spiro atoms. The van der Waals surface area contributed by atoms with E-state index >= 15 is 0 Å². The first-order chi connectivity index (χ1) is 8.75. The van der Waals surface area contributed by atoms with Gasteiger partial charge in [0.2, 0.25) is 0 Å². The van der Waals surface area contributed by atoms with Gasteiger partial charge in [-0.2, -0.15) is 0 Å². The molecule has 0 aliphatic carbocycles. The van der Waals surface area contributed by atoms with E-state index in [9.17, 15) is 0 Å². The van der Waals surface area contributed by atoms with E-state index in [0.29, 0.717) is 18.1 Å². The van der Waals surface area contributed by atoms with Crippen molar-refractivity contribution in [3.63, 3.8) is 0 Å². The zero-order chi connectivity index (χ0) is 13.2. The van der Waals surface area contributed by atoms with Crippen molar-refractivity contribution in [2.45, 2.75) is 45.4 Å². The molecule has 0 fully saturated rings. The van der Waals surface area contributed by atoms with E-state index in [1.54, 1.807) is 18.3 Å². The molecule has 4 nitrogen and oxygen atoms in total. The zero-order valence-electron chi connectivity index (χ0n) is 11.1. The van der Waals surface area contributed by atoms with Gasteiger partial charge in [0.1, 0.15) is 17.3 Å². The maximum atomic E-state index is 7.40. The molecule has 3 N–H and O–H groups in total. The first kappa shape index (κ1) is 14.5. The number of nitrogen functional groups attached to an aromatic ring is 1. The molecule has 0 atom stereocenters. The van der Waals surface area contributed by atoms with Gasteiger partial charge < -0.3 is 10.5 Å². The van der Waals surface area contributed by atoms with Crippen LogP contribution in [0.25, 0.3) is 0 Å². The van der Waals surface area contributed by atoms with Crippen LogP contribution in [0.1, 0.15) is 51.1 Å². The molecule has 0 bridgehead atoms. The van der Waals surface area contributed by atoms with Gasteiger partial charge in [-0.1, -0.05) is 39.0 Å². The third-order valence-corrected chi connectivity index (χ3v) is 2.78. The summed E-state index contributed by atoms with van der Waals surface area (Å²) in [5.41, 5.74) is 5.87. The normalized spacial score (nSPS) is 10.3. The quantitative estimate of drug-likeness (QED) is 0.401. The highest BCUT2D eigenvalue weighted by molar-refractivity contribution is 5.95. The Hall–Kier alpha value is -1.58. The van der Waals surface area contributed by atoms with Crippen LogP contribution in [0.4, 0.5) is 0 Å². The molecule has 0 saturated carbocycles. The standard InChI is InChI=1S/C14H23N3O/c1-2-3-4-5-6-7-11-18-12-9-8-10-17-13(12)14(15)16/h8-10H,2-7,11H2,1H3,(H3,15,16). The van der Waals surface area contributed by atoms with E-state index in [1.807, 2.05) is 0 Å². The van der Waals surface area contributed by atoms with Crippen molar-refractivity contribution in [2.75, 3.05) is 6.61 Å². The average molecular weight is 249 g/mol. The highest BCUT2D eigenvalue weighted by Crippen LogP contribution is 2.15. The van der Waals surface area contributed by atoms with Crippen molar-refractivity contribution in [2.24, 2.45) is 5.73 Å². The fraction of sp³-hybridized carbons (Fsp3) is 0.571. The van der Waals surface area contributed by atoms with E-state index in [0.717, 1.165) is 6.42 Å². The number of rotatable bonds is 9. The maximum absolute atomic E-state index is 7.40. The molecule has 0 unspecified atom stereocenters. The fourth-order valence-corrected chi connectivity index (χ4v) is 1.77. The first-order valence-corrected chi connectivity index (χ1v) is 6.68. The summed E-state index contributed by atoms with van der Waals surface area (Å²) in [6, 6.07) is 3.60. The summed E-state index contributed by atoms with van der Waals surface area (Å²) in [6.45, 7) is 2.88. The monoisotopic (exact) mass is 249 g/mol. The molecule has 1 aromatic rings. The molecular weight excluding hydrogens is 226 g/mol. The summed E-state index contributed by atoms with van der Waals surface area (Å²) >= 11 is 0. The number of nitrogens with zero attached hydrogens (tertiary/aromatic N) is 1. The molecule has 100 valence electrons. The minimum Gasteiger partial charge on any atom is -0.491 e. The van der Waals surface area contributed by atoms with Crippen LogP contribution in [0.5, 0.6) is 5.75 Å². The molecular formula is C14H23N3O.